The number of fused-ring (bicyclic) bond motifs is 1. The summed E-state index contributed by atoms with van der Waals surface area (Å²) in [5, 5.41) is 11.2. The van der Waals surface area contributed by atoms with Gasteiger partial charge < -0.3 is 10.2 Å². The molecule has 0 amide bonds. The topological polar surface area (TPSA) is 59.8 Å². The largest absolute Gasteiger partial charge is 0.618 e. The van der Waals surface area contributed by atoms with E-state index in [1.807, 2.05) is 0 Å². The maximum absolute atomic E-state index is 12.3. The highest BCUT2D eigenvalue weighted by Gasteiger charge is 2.31. The van der Waals surface area contributed by atoms with Gasteiger partial charge in [-0.3, -0.25) is 4.79 Å². The highest BCUT2D eigenvalue weighted by molar-refractivity contribution is 5.71. The minimum Gasteiger partial charge on any atom is -0.618 e. The molecule has 0 unspecified atom stereocenters. The van der Waals surface area contributed by atoms with E-state index >= 15 is 0 Å². The van der Waals surface area contributed by atoms with Crippen LogP contribution in [0.1, 0.15) is 5.56 Å². The molecule has 0 aliphatic heterocycles. The van der Waals surface area contributed by atoms with E-state index in [0.717, 1.165) is 24.4 Å². The molecule has 84 valence electrons. The van der Waals surface area contributed by atoms with Gasteiger partial charge in [0, 0.05) is 6.07 Å². The van der Waals surface area contributed by atoms with Crippen LogP contribution in [0.4, 0.5) is 13.2 Å². The van der Waals surface area contributed by atoms with Crippen molar-refractivity contribution in [3.05, 3.63) is 45.5 Å². The van der Waals surface area contributed by atoms with Gasteiger partial charge in [-0.2, -0.15) is 17.9 Å². The Morgan fingerprint density at radius 1 is 1.31 bits per heavy atom. The molecule has 0 aliphatic rings. The minimum absolute atomic E-state index is 0.0207. The molecular formula is C9H5F3N2O2. The molecule has 1 aromatic heterocycles. The normalized spacial score (nSPS) is 11.9. The molecule has 1 N–H and O–H groups in total. The van der Waals surface area contributed by atoms with Crippen molar-refractivity contribution < 1.29 is 17.9 Å². The molecule has 0 atom stereocenters. The van der Waals surface area contributed by atoms with Gasteiger partial charge in [0.2, 0.25) is 11.7 Å². The minimum atomic E-state index is -4.51. The first kappa shape index (κ1) is 10.5. The molecule has 7 heteroatoms. The van der Waals surface area contributed by atoms with E-state index in [-0.39, 0.29) is 15.8 Å². The Labute approximate surface area is 86.5 Å². The van der Waals surface area contributed by atoms with Gasteiger partial charge in [0.15, 0.2) is 0 Å². The Morgan fingerprint density at radius 2 is 2.00 bits per heavy atom. The predicted molar refractivity (Wildman–Crippen MR) is 48.5 cm³/mol. The van der Waals surface area contributed by atoms with Gasteiger partial charge in [0.05, 0.1) is 5.56 Å². The molecule has 0 bridgehead atoms. The zero-order valence-electron chi connectivity index (χ0n) is 7.71. The van der Waals surface area contributed by atoms with E-state index in [4.69, 9.17) is 0 Å². The molecule has 0 spiro atoms. The van der Waals surface area contributed by atoms with Crippen LogP contribution in [0, 0.1) is 5.21 Å². The average Bonchev–Trinajstić information content (AvgIpc) is 2.15. The summed E-state index contributed by atoms with van der Waals surface area (Å²) in [4.78, 5) is 13.1. The van der Waals surface area contributed by atoms with Gasteiger partial charge in [-0.25, -0.2) is 0 Å². The van der Waals surface area contributed by atoms with Crippen LogP contribution in [0.25, 0.3) is 11.0 Å². The first-order chi connectivity index (χ1) is 7.38. The number of nitrogens with zero attached hydrogens (tertiary/aromatic N) is 1. The maximum atomic E-state index is 12.3. The molecule has 16 heavy (non-hydrogen) atoms. The van der Waals surface area contributed by atoms with E-state index in [0.29, 0.717) is 0 Å². The standard InChI is InChI=1S/C9H5F3N2O2/c10-9(11,12)5-1-2-7-6(3-5)13-8(15)4-14(7)16/h1-4H,(H,13,15). The maximum Gasteiger partial charge on any atom is 0.416 e. The summed E-state index contributed by atoms with van der Waals surface area (Å²) in [6.45, 7) is 0. The highest BCUT2D eigenvalue weighted by atomic mass is 19.4. The summed E-state index contributed by atoms with van der Waals surface area (Å²) in [6, 6.07) is 2.53. The van der Waals surface area contributed by atoms with Gasteiger partial charge in [-0.05, 0) is 12.1 Å². The van der Waals surface area contributed by atoms with E-state index in [9.17, 15) is 23.2 Å². The number of aromatic nitrogens is 2. The zero-order valence-corrected chi connectivity index (χ0v) is 7.71. The zero-order chi connectivity index (χ0) is 11.9. The molecule has 0 fully saturated rings. The summed E-state index contributed by atoms with van der Waals surface area (Å²) >= 11 is 0. The number of halogens is 3. The Morgan fingerprint density at radius 3 is 2.62 bits per heavy atom. The fraction of sp³-hybridized carbons (Fsp3) is 0.111. The van der Waals surface area contributed by atoms with Crippen LogP contribution in [-0.4, -0.2) is 4.98 Å². The second kappa shape index (κ2) is 3.22. The van der Waals surface area contributed by atoms with Crippen molar-refractivity contribution in [2.75, 3.05) is 0 Å². The number of hydrogen-bond donors (Lipinski definition) is 1. The molecule has 2 rings (SSSR count). The summed E-state index contributed by atoms with van der Waals surface area (Å²) in [7, 11) is 0. The molecule has 0 radical (unpaired) electrons. The third-order valence-corrected chi connectivity index (χ3v) is 2.05. The van der Waals surface area contributed by atoms with Crippen molar-refractivity contribution in [1.82, 2.24) is 4.98 Å². The van der Waals surface area contributed by atoms with Gasteiger partial charge in [0.1, 0.15) is 5.52 Å². The monoisotopic (exact) mass is 230 g/mol. The van der Waals surface area contributed by atoms with Crippen LogP contribution in [0.15, 0.2) is 29.2 Å². The van der Waals surface area contributed by atoms with Crippen LogP contribution in [0.2, 0.25) is 0 Å². The lowest BCUT2D eigenvalue weighted by atomic mass is 10.2. The lowest BCUT2D eigenvalue weighted by Crippen LogP contribution is -2.32. The predicted octanol–water partition coefficient (Wildman–Crippen LogP) is 1.18. The fourth-order valence-corrected chi connectivity index (χ4v) is 1.35. The molecular weight excluding hydrogens is 225 g/mol. The van der Waals surface area contributed by atoms with Crippen molar-refractivity contribution in [2.45, 2.75) is 6.18 Å². The second-order valence-electron chi connectivity index (χ2n) is 3.17. The Balaban J connectivity index is 2.76. The first-order valence-corrected chi connectivity index (χ1v) is 4.21. The molecule has 1 heterocycles. The number of nitrogens with one attached hydrogen (secondary N) is 1. The smallest absolute Gasteiger partial charge is 0.416 e. The number of benzene rings is 1. The molecule has 1 aromatic carbocycles. The molecule has 0 saturated heterocycles. The average molecular weight is 230 g/mol. The molecule has 4 nitrogen and oxygen atoms in total. The molecule has 0 saturated carbocycles. The third kappa shape index (κ3) is 1.71. The SMILES string of the molecule is O=c1c[n+]([O-])c2ccc(C(F)(F)F)cc2[nH]1. The van der Waals surface area contributed by atoms with E-state index in [1.165, 1.54) is 0 Å². The highest BCUT2D eigenvalue weighted by Crippen LogP contribution is 2.30. The van der Waals surface area contributed by atoms with Crippen LogP contribution < -0.4 is 10.3 Å². The molecule has 2 aromatic rings. The van der Waals surface area contributed by atoms with Gasteiger partial charge >= 0.3 is 11.7 Å². The van der Waals surface area contributed by atoms with Gasteiger partial charge in [-0.1, -0.05) is 0 Å². The quantitative estimate of drug-likeness (QED) is 0.545. The first-order valence-electron chi connectivity index (χ1n) is 4.21. The summed E-state index contributed by atoms with van der Waals surface area (Å²) in [6.07, 6.45) is -3.79. The molecule has 0 aliphatic carbocycles. The van der Waals surface area contributed by atoms with Gasteiger partial charge in [-0.15, -0.1) is 0 Å². The summed E-state index contributed by atoms with van der Waals surface area (Å²) in [5.41, 5.74) is -1.83. The number of aromatic amines is 1. The summed E-state index contributed by atoms with van der Waals surface area (Å²) < 4.78 is 37.3. The number of rotatable bonds is 0. The van der Waals surface area contributed by atoms with Crippen LogP contribution in [-0.2, 0) is 6.18 Å². The van der Waals surface area contributed by atoms with Crippen LogP contribution in [0.3, 0.4) is 0 Å². The fourth-order valence-electron chi connectivity index (χ4n) is 1.35. The van der Waals surface area contributed by atoms with Crippen molar-refractivity contribution >= 4 is 11.0 Å². The van der Waals surface area contributed by atoms with Gasteiger partial charge in [0.25, 0.3) is 0 Å². The number of H-pyrrole nitrogens is 1. The van der Waals surface area contributed by atoms with Crippen molar-refractivity contribution in [1.29, 1.82) is 0 Å². The van der Waals surface area contributed by atoms with E-state index in [2.05, 4.69) is 4.98 Å². The Kier molecular flexibility index (Phi) is 2.11. The van der Waals surface area contributed by atoms with Crippen molar-refractivity contribution in [3.8, 4) is 0 Å². The van der Waals surface area contributed by atoms with E-state index < -0.39 is 17.3 Å². The lowest BCUT2D eigenvalue weighted by Gasteiger charge is -2.07. The number of alkyl halides is 3. The second-order valence-corrected chi connectivity index (χ2v) is 3.17. The number of hydrogen-bond acceptors (Lipinski definition) is 2. The van der Waals surface area contributed by atoms with Crippen LogP contribution >= 0.6 is 0 Å². The van der Waals surface area contributed by atoms with Crippen molar-refractivity contribution in [3.63, 3.8) is 0 Å². The van der Waals surface area contributed by atoms with E-state index in [1.54, 1.807) is 0 Å². The third-order valence-electron chi connectivity index (χ3n) is 2.05. The Bertz CT molecular complexity index is 604. The van der Waals surface area contributed by atoms with Crippen LogP contribution in [0.5, 0.6) is 0 Å². The lowest BCUT2D eigenvalue weighted by molar-refractivity contribution is -0.578. The van der Waals surface area contributed by atoms with Crippen molar-refractivity contribution in [2.24, 2.45) is 0 Å². The Hall–Kier alpha value is -2.05. The summed E-state index contributed by atoms with van der Waals surface area (Å²) in [5.74, 6) is 0.